The molecule has 0 atom stereocenters. The van der Waals surface area contributed by atoms with Crippen molar-refractivity contribution in [1.29, 1.82) is 0 Å². The summed E-state index contributed by atoms with van der Waals surface area (Å²) in [5.41, 5.74) is 9.07. The predicted octanol–water partition coefficient (Wildman–Crippen LogP) is 2.98. The van der Waals surface area contributed by atoms with Crippen LogP contribution in [0.1, 0.15) is 46.8 Å². The minimum Gasteiger partial charge on any atom is -0.496 e. The number of cyclic esters (lactones) is 1. The molecule has 1 saturated heterocycles. The number of esters is 2. The first-order chi connectivity index (χ1) is 15.8. The number of allylic oxidation sites excluding steroid dienone is 2. The van der Waals surface area contributed by atoms with E-state index in [1.54, 1.807) is 0 Å². The fourth-order valence-corrected chi connectivity index (χ4v) is 5.01. The molecule has 0 radical (unpaired) electrons. The number of nitrogens with two attached hydrogens (primary N) is 1. The molecule has 2 aliphatic heterocycles. The minimum absolute atomic E-state index is 0.123. The van der Waals surface area contributed by atoms with Crippen LogP contribution in [0, 0.1) is 6.92 Å². The van der Waals surface area contributed by atoms with Gasteiger partial charge in [-0.05, 0) is 32.3 Å². The van der Waals surface area contributed by atoms with E-state index in [9.17, 15) is 14.4 Å². The summed E-state index contributed by atoms with van der Waals surface area (Å²) in [6.45, 7) is 6.12. The normalized spacial score (nSPS) is 15.8. The molecule has 0 aromatic heterocycles. The Morgan fingerprint density at radius 3 is 2.79 bits per heavy atom. The maximum absolute atomic E-state index is 12.3. The average Bonchev–Trinajstić information content (AvgIpc) is 3.42. The first kappa shape index (κ1) is 24.9. The van der Waals surface area contributed by atoms with Gasteiger partial charge in [-0.15, -0.1) is 11.8 Å². The predicted molar refractivity (Wildman–Crippen MR) is 127 cm³/mol. The molecule has 10 heteroatoms. The number of hydrogen-bond donors (Lipinski definition) is 2. The van der Waals surface area contributed by atoms with Gasteiger partial charge in [-0.25, -0.2) is 9.59 Å². The van der Waals surface area contributed by atoms with Crippen molar-refractivity contribution < 1.29 is 28.6 Å². The van der Waals surface area contributed by atoms with Gasteiger partial charge in [0, 0.05) is 42.3 Å². The highest BCUT2D eigenvalue weighted by Crippen LogP contribution is 2.41. The van der Waals surface area contributed by atoms with Crippen molar-refractivity contribution in [2.24, 2.45) is 5.73 Å². The Hall–Kier alpha value is -2.72. The first-order valence-corrected chi connectivity index (χ1v) is 12.0. The number of nitrogens with one attached hydrogen (secondary N) is 1. The van der Waals surface area contributed by atoms with Crippen LogP contribution in [0.4, 0.5) is 10.5 Å². The lowest BCUT2D eigenvalue weighted by Gasteiger charge is -2.19. The van der Waals surface area contributed by atoms with Gasteiger partial charge in [0.15, 0.2) is 0 Å². The lowest BCUT2D eigenvalue weighted by Crippen LogP contribution is -2.25. The summed E-state index contributed by atoms with van der Waals surface area (Å²) in [5, 5.41) is 2.58. The maximum Gasteiger partial charge on any atom is 0.341 e. The first-order valence-electron chi connectivity index (χ1n) is 10.9. The van der Waals surface area contributed by atoms with Crippen LogP contribution in [-0.2, 0) is 27.3 Å². The van der Waals surface area contributed by atoms with Crippen molar-refractivity contribution in [3.63, 3.8) is 0 Å². The number of amides is 2. The van der Waals surface area contributed by atoms with E-state index in [2.05, 4.69) is 10.2 Å². The van der Waals surface area contributed by atoms with Crippen LogP contribution < -0.4 is 15.8 Å². The summed E-state index contributed by atoms with van der Waals surface area (Å²) in [4.78, 5) is 38.3. The molecular weight excluding hydrogens is 446 g/mol. The molecule has 3 rings (SSSR count). The number of urea groups is 1. The largest absolute Gasteiger partial charge is 0.496 e. The second-order valence-electron chi connectivity index (χ2n) is 8.06. The number of carbonyl (C=O) groups excluding carboxylic acids is 3. The van der Waals surface area contributed by atoms with Gasteiger partial charge < -0.3 is 25.3 Å². The molecule has 1 aromatic carbocycles. The summed E-state index contributed by atoms with van der Waals surface area (Å²) in [6, 6.07) is -0.778. The second-order valence-corrected chi connectivity index (χ2v) is 9.14. The van der Waals surface area contributed by atoms with Crippen molar-refractivity contribution in [1.82, 2.24) is 4.90 Å². The van der Waals surface area contributed by atoms with Crippen molar-refractivity contribution in [3.05, 3.63) is 33.9 Å². The number of ether oxygens (including phenoxy) is 3. The highest BCUT2D eigenvalue weighted by atomic mass is 32.2. The van der Waals surface area contributed by atoms with Gasteiger partial charge in [-0.3, -0.25) is 9.69 Å². The number of benzene rings is 1. The third kappa shape index (κ3) is 6.20. The number of primary amides is 1. The molecule has 2 amide bonds. The zero-order chi connectivity index (χ0) is 24.0. The van der Waals surface area contributed by atoms with E-state index in [-0.39, 0.29) is 19.0 Å². The molecular formula is C23H31N3O6S. The number of methoxy groups -OCH3 is 1. The van der Waals surface area contributed by atoms with E-state index < -0.39 is 12.0 Å². The minimum atomic E-state index is -0.778. The van der Waals surface area contributed by atoms with Crippen molar-refractivity contribution in [2.75, 3.05) is 43.8 Å². The molecule has 0 unspecified atom stereocenters. The van der Waals surface area contributed by atoms with Crippen LogP contribution in [0.2, 0.25) is 0 Å². The highest BCUT2D eigenvalue weighted by molar-refractivity contribution is 7.99. The summed E-state index contributed by atoms with van der Waals surface area (Å²) in [5.74, 6) is 1.97. The zero-order valence-electron chi connectivity index (χ0n) is 19.3. The monoisotopic (exact) mass is 477 g/mol. The van der Waals surface area contributed by atoms with Crippen LogP contribution >= 0.6 is 11.8 Å². The average molecular weight is 478 g/mol. The Labute approximate surface area is 198 Å². The molecule has 1 fully saturated rings. The standard InChI is InChI=1S/C23H31N3O6S/c1-14(5-7-18(27)31-10-8-26-9-11-33-13-26)4-6-16-20(25-23(24)29)19-17(12-32-22(19)28)15(2)21(16)30-3/h4H,5-13H2,1-3H3,(H3,24,25,29). The Morgan fingerprint density at radius 1 is 1.33 bits per heavy atom. The van der Waals surface area contributed by atoms with E-state index in [0.29, 0.717) is 47.6 Å². The molecule has 2 heterocycles. The summed E-state index contributed by atoms with van der Waals surface area (Å²) >= 11 is 1.89. The molecule has 0 spiro atoms. The van der Waals surface area contributed by atoms with Gasteiger partial charge in [0.2, 0.25) is 0 Å². The molecule has 3 N–H and O–H groups in total. The quantitative estimate of drug-likeness (QED) is 0.390. The smallest absolute Gasteiger partial charge is 0.341 e. The lowest BCUT2D eigenvalue weighted by molar-refractivity contribution is -0.143. The number of anilines is 1. The van der Waals surface area contributed by atoms with E-state index in [4.69, 9.17) is 19.9 Å². The number of nitrogens with zero attached hydrogens (tertiary/aromatic N) is 1. The third-order valence-electron chi connectivity index (χ3n) is 5.80. The SMILES string of the molecule is COc1c(C)c2c(c(NC(N)=O)c1CC=C(C)CCC(=O)OCCN1CCSC1)C(=O)OC2. The molecule has 0 aliphatic carbocycles. The summed E-state index contributed by atoms with van der Waals surface area (Å²) in [6.07, 6.45) is 3.17. The molecule has 0 saturated carbocycles. The molecule has 2 aliphatic rings. The van der Waals surface area contributed by atoms with Gasteiger partial charge in [0.25, 0.3) is 0 Å². The van der Waals surface area contributed by atoms with Gasteiger partial charge in [0.1, 0.15) is 19.0 Å². The molecule has 0 bridgehead atoms. The van der Waals surface area contributed by atoms with Crippen molar-refractivity contribution in [3.8, 4) is 5.75 Å². The van der Waals surface area contributed by atoms with Gasteiger partial charge >= 0.3 is 18.0 Å². The number of rotatable bonds is 10. The van der Waals surface area contributed by atoms with Crippen molar-refractivity contribution in [2.45, 2.75) is 39.7 Å². The second kappa shape index (κ2) is 11.4. The Bertz CT molecular complexity index is 956. The molecule has 33 heavy (non-hydrogen) atoms. The van der Waals surface area contributed by atoms with Gasteiger partial charge in [-0.2, -0.15) is 0 Å². The Balaban J connectivity index is 1.66. The molecule has 180 valence electrons. The van der Waals surface area contributed by atoms with Crippen LogP contribution in [-0.4, -0.2) is 61.3 Å². The zero-order valence-corrected chi connectivity index (χ0v) is 20.1. The number of carbonyl (C=O) groups is 3. The van der Waals surface area contributed by atoms with Crippen LogP contribution in [0.25, 0.3) is 0 Å². The number of thioether (sulfide) groups is 1. The number of hydrogen-bond acceptors (Lipinski definition) is 8. The van der Waals surface area contributed by atoms with Crippen LogP contribution in [0.5, 0.6) is 5.75 Å². The third-order valence-corrected chi connectivity index (χ3v) is 6.82. The van der Waals surface area contributed by atoms with Crippen LogP contribution in [0.3, 0.4) is 0 Å². The van der Waals surface area contributed by atoms with Crippen LogP contribution in [0.15, 0.2) is 11.6 Å². The Kier molecular flexibility index (Phi) is 8.62. The fraction of sp³-hybridized carbons (Fsp3) is 0.522. The van der Waals surface area contributed by atoms with E-state index >= 15 is 0 Å². The van der Waals surface area contributed by atoms with E-state index in [1.807, 2.05) is 31.7 Å². The number of fused-ring (bicyclic) bond motifs is 1. The maximum atomic E-state index is 12.3. The molecule has 9 nitrogen and oxygen atoms in total. The molecule has 1 aromatic rings. The lowest BCUT2D eigenvalue weighted by atomic mass is 9.93. The summed E-state index contributed by atoms with van der Waals surface area (Å²) in [7, 11) is 1.54. The van der Waals surface area contributed by atoms with Crippen molar-refractivity contribution >= 4 is 35.4 Å². The van der Waals surface area contributed by atoms with Gasteiger partial charge in [-0.1, -0.05) is 11.6 Å². The summed E-state index contributed by atoms with van der Waals surface area (Å²) < 4.78 is 16.1. The van der Waals surface area contributed by atoms with E-state index in [0.717, 1.165) is 35.9 Å². The topological polar surface area (TPSA) is 120 Å². The Morgan fingerprint density at radius 2 is 2.12 bits per heavy atom. The highest BCUT2D eigenvalue weighted by Gasteiger charge is 2.32. The van der Waals surface area contributed by atoms with E-state index in [1.165, 1.54) is 7.11 Å². The van der Waals surface area contributed by atoms with Gasteiger partial charge in [0.05, 0.1) is 18.4 Å². The fourth-order valence-electron chi connectivity index (χ4n) is 3.98.